The van der Waals surface area contributed by atoms with Crippen molar-refractivity contribution in [3.63, 3.8) is 0 Å². The number of aromatic nitrogens is 3. The van der Waals surface area contributed by atoms with Gasteiger partial charge in [0.05, 0.1) is 22.2 Å². The Balaban J connectivity index is 2.18. The van der Waals surface area contributed by atoms with Crippen molar-refractivity contribution in [3.8, 4) is 5.69 Å². The van der Waals surface area contributed by atoms with Gasteiger partial charge in [0.25, 0.3) is 5.56 Å². The molecule has 0 aliphatic carbocycles. The first-order valence-electron chi connectivity index (χ1n) is 7.36. The number of rotatable bonds is 2. The Morgan fingerprint density at radius 2 is 1.81 bits per heavy atom. The number of halogens is 3. The number of alkyl halides is 3. The van der Waals surface area contributed by atoms with Crippen LogP contribution >= 0.6 is 11.3 Å². The third-order valence-electron chi connectivity index (χ3n) is 4.08. The van der Waals surface area contributed by atoms with Crippen LogP contribution in [0.15, 0.2) is 38.5 Å². The number of carboxylic acids is 1. The largest absolute Gasteiger partial charge is 0.477 e. The van der Waals surface area contributed by atoms with E-state index in [0.717, 1.165) is 23.5 Å². The molecule has 27 heavy (non-hydrogen) atoms. The van der Waals surface area contributed by atoms with Gasteiger partial charge in [0.1, 0.15) is 0 Å². The van der Waals surface area contributed by atoms with E-state index < -0.39 is 40.3 Å². The van der Waals surface area contributed by atoms with E-state index in [1.165, 1.54) is 10.8 Å². The maximum Gasteiger partial charge on any atom is 0.416 e. The molecule has 4 aromatic rings. The van der Waals surface area contributed by atoms with Crippen molar-refractivity contribution in [2.45, 2.75) is 6.18 Å². The predicted molar refractivity (Wildman–Crippen MR) is 91.9 cm³/mol. The fraction of sp³-hybridized carbons (Fsp3) is 0.0625. The molecule has 0 saturated heterocycles. The molecule has 0 unspecified atom stereocenters. The molecule has 0 aliphatic heterocycles. The molecular weight excluding hydrogens is 387 g/mol. The second-order valence-electron chi connectivity index (χ2n) is 5.68. The highest BCUT2D eigenvalue weighted by Crippen LogP contribution is 2.34. The summed E-state index contributed by atoms with van der Waals surface area (Å²) in [5.41, 5.74) is -3.50. The minimum Gasteiger partial charge on any atom is -0.477 e. The van der Waals surface area contributed by atoms with Gasteiger partial charge >= 0.3 is 17.8 Å². The number of fused-ring (bicyclic) bond motifs is 2. The van der Waals surface area contributed by atoms with Crippen molar-refractivity contribution < 1.29 is 23.1 Å². The summed E-state index contributed by atoms with van der Waals surface area (Å²) in [6.07, 6.45) is -4.68. The van der Waals surface area contributed by atoms with Gasteiger partial charge in [-0.3, -0.25) is 4.79 Å². The zero-order valence-electron chi connectivity index (χ0n) is 13.0. The average Bonchev–Trinajstić information content (AvgIpc) is 3.18. The average molecular weight is 395 g/mol. The Hall–Kier alpha value is -3.34. The van der Waals surface area contributed by atoms with Crippen molar-refractivity contribution >= 4 is 39.1 Å². The van der Waals surface area contributed by atoms with Crippen LogP contribution in [-0.4, -0.2) is 25.6 Å². The number of H-pyrrole nitrogens is 2. The first-order chi connectivity index (χ1) is 12.7. The van der Waals surface area contributed by atoms with Gasteiger partial charge in [0.15, 0.2) is 5.69 Å². The third kappa shape index (κ3) is 2.54. The van der Waals surface area contributed by atoms with Crippen molar-refractivity contribution in [1.82, 2.24) is 14.5 Å². The number of thiophene rings is 1. The fourth-order valence-corrected chi connectivity index (χ4v) is 3.64. The molecular formula is C16H8F3N3O4S. The summed E-state index contributed by atoms with van der Waals surface area (Å²) in [4.78, 5) is 41.7. The molecule has 0 radical (unpaired) electrons. The van der Waals surface area contributed by atoms with E-state index in [1.54, 1.807) is 0 Å². The van der Waals surface area contributed by atoms with E-state index in [4.69, 9.17) is 0 Å². The first-order valence-corrected chi connectivity index (χ1v) is 8.30. The lowest BCUT2D eigenvalue weighted by molar-refractivity contribution is -0.137. The summed E-state index contributed by atoms with van der Waals surface area (Å²) in [6, 6.07) is 2.54. The Labute approximate surface area is 150 Å². The molecule has 3 N–H and O–H groups in total. The van der Waals surface area contributed by atoms with Crippen molar-refractivity contribution in [2.24, 2.45) is 0 Å². The quantitative estimate of drug-likeness (QED) is 0.485. The van der Waals surface area contributed by atoms with E-state index >= 15 is 0 Å². The lowest BCUT2D eigenvalue weighted by Gasteiger charge is -2.08. The number of hydrogen-bond donors (Lipinski definition) is 3. The zero-order valence-corrected chi connectivity index (χ0v) is 13.9. The standard InChI is InChI=1S/C16H8F3N3O4S/c17-16(18,19)6-1-2-9-7(3-6)12(11(20-9)14(24)25)22-13(23)8-4-27-5-10(8)21-15(22)26/h1-5,20H,(H,21,26)(H,24,25). The van der Waals surface area contributed by atoms with Gasteiger partial charge in [-0.15, -0.1) is 11.3 Å². The van der Waals surface area contributed by atoms with Crippen LogP contribution in [-0.2, 0) is 6.18 Å². The highest BCUT2D eigenvalue weighted by Gasteiger charge is 2.32. The van der Waals surface area contributed by atoms with Gasteiger partial charge in [-0.1, -0.05) is 0 Å². The lowest BCUT2D eigenvalue weighted by Crippen LogP contribution is -2.34. The van der Waals surface area contributed by atoms with Gasteiger partial charge in [0, 0.05) is 21.7 Å². The fourth-order valence-electron chi connectivity index (χ4n) is 2.89. The van der Waals surface area contributed by atoms with Gasteiger partial charge in [0.2, 0.25) is 0 Å². The van der Waals surface area contributed by atoms with Gasteiger partial charge in [-0.25, -0.2) is 14.2 Å². The molecule has 7 nitrogen and oxygen atoms in total. The molecule has 0 amide bonds. The molecule has 138 valence electrons. The Morgan fingerprint density at radius 3 is 2.48 bits per heavy atom. The monoisotopic (exact) mass is 395 g/mol. The predicted octanol–water partition coefficient (Wildman–Crippen LogP) is 2.94. The van der Waals surface area contributed by atoms with Crippen LogP contribution in [0.1, 0.15) is 16.1 Å². The number of carboxylic acid groups (broad SMARTS) is 1. The summed E-state index contributed by atoms with van der Waals surface area (Å²) >= 11 is 1.15. The Bertz CT molecular complexity index is 1340. The lowest BCUT2D eigenvalue weighted by atomic mass is 10.1. The number of benzene rings is 1. The van der Waals surface area contributed by atoms with Crippen molar-refractivity contribution in [1.29, 1.82) is 0 Å². The number of hydrogen-bond acceptors (Lipinski definition) is 4. The second kappa shape index (κ2) is 5.58. The minimum atomic E-state index is -4.68. The van der Waals surface area contributed by atoms with Crippen LogP contribution in [0.2, 0.25) is 0 Å². The third-order valence-corrected chi connectivity index (χ3v) is 4.82. The van der Waals surface area contributed by atoms with Gasteiger partial charge in [-0.05, 0) is 18.2 Å². The molecule has 4 rings (SSSR count). The van der Waals surface area contributed by atoms with Crippen LogP contribution in [0.25, 0.3) is 27.5 Å². The topological polar surface area (TPSA) is 108 Å². The van der Waals surface area contributed by atoms with Crippen LogP contribution < -0.4 is 11.2 Å². The van der Waals surface area contributed by atoms with E-state index in [-0.39, 0.29) is 21.8 Å². The van der Waals surface area contributed by atoms with Crippen LogP contribution in [0, 0.1) is 0 Å². The molecule has 0 bridgehead atoms. The summed E-state index contributed by atoms with van der Waals surface area (Å²) in [7, 11) is 0. The number of nitrogens with one attached hydrogen (secondary N) is 2. The maximum atomic E-state index is 13.1. The van der Waals surface area contributed by atoms with Gasteiger partial charge in [-0.2, -0.15) is 13.2 Å². The normalized spacial score (nSPS) is 12.1. The number of aromatic amines is 2. The summed E-state index contributed by atoms with van der Waals surface area (Å²) in [6.45, 7) is 0. The molecule has 0 fully saturated rings. The maximum absolute atomic E-state index is 13.1. The molecule has 0 spiro atoms. The molecule has 0 atom stereocenters. The molecule has 3 heterocycles. The Morgan fingerprint density at radius 1 is 1.07 bits per heavy atom. The number of nitrogens with zero attached hydrogens (tertiary/aromatic N) is 1. The van der Waals surface area contributed by atoms with Gasteiger partial charge < -0.3 is 15.1 Å². The number of aromatic carboxylic acids is 1. The Kier molecular flexibility index (Phi) is 3.53. The van der Waals surface area contributed by atoms with Crippen LogP contribution in [0.5, 0.6) is 0 Å². The summed E-state index contributed by atoms with van der Waals surface area (Å²) in [5.74, 6) is -1.52. The highest BCUT2D eigenvalue weighted by atomic mass is 32.1. The van der Waals surface area contributed by atoms with Crippen LogP contribution in [0.3, 0.4) is 0 Å². The SMILES string of the molecule is O=C(O)c1[nH]c2ccc(C(F)(F)F)cc2c1-n1c(=O)[nH]c2cscc2c1=O. The number of carbonyl (C=O) groups is 1. The summed E-state index contributed by atoms with van der Waals surface area (Å²) < 4.78 is 39.8. The molecule has 1 aromatic carbocycles. The highest BCUT2D eigenvalue weighted by molar-refractivity contribution is 7.09. The van der Waals surface area contributed by atoms with E-state index in [0.29, 0.717) is 10.6 Å². The zero-order chi connectivity index (χ0) is 19.5. The molecule has 0 aliphatic rings. The smallest absolute Gasteiger partial charge is 0.416 e. The van der Waals surface area contributed by atoms with E-state index in [9.17, 15) is 32.7 Å². The molecule has 11 heteroatoms. The summed E-state index contributed by atoms with van der Waals surface area (Å²) in [5, 5.41) is 12.3. The van der Waals surface area contributed by atoms with Crippen molar-refractivity contribution in [3.05, 3.63) is 61.1 Å². The second-order valence-corrected chi connectivity index (χ2v) is 6.43. The molecule has 0 saturated carbocycles. The van der Waals surface area contributed by atoms with E-state index in [2.05, 4.69) is 9.97 Å². The minimum absolute atomic E-state index is 0.0483. The first kappa shape index (κ1) is 17.1. The van der Waals surface area contributed by atoms with E-state index in [1.807, 2.05) is 0 Å². The van der Waals surface area contributed by atoms with Crippen LogP contribution in [0.4, 0.5) is 13.2 Å². The van der Waals surface area contributed by atoms with Crippen molar-refractivity contribution in [2.75, 3.05) is 0 Å². The molecule has 3 aromatic heterocycles.